The molecule has 4 nitrogen and oxygen atoms in total. The SMILES string of the molecule is Nn1c(=O)oc2ccc(Cl)cc21. The lowest BCUT2D eigenvalue weighted by Crippen LogP contribution is -2.21. The molecule has 1 heterocycles. The van der Waals surface area contributed by atoms with E-state index in [1.165, 1.54) is 0 Å². The first-order valence-corrected chi connectivity index (χ1v) is 3.62. The minimum atomic E-state index is -0.590. The van der Waals surface area contributed by atoms with Gasteiger partial charge in [0, 0.05) is 5.02 Å². The van der Waals surface area contributed by atoms with E-state index in [4.69, 9.17) is 21.9 Å². The van der Waals surface area contributed by atoms with Crippen LogP contribution in [0.2, 0.25) is 5.02 Å². The number of aromatic nitrogens is 1. The molecule has 0 aliphatic carbocycles. The van der Waals surface area contributed by atoms with Crippen LogP contribution in [0.3, 0.4) is 0 Å². The quantitative estimate of drug-likeness (QED) is 0.621. The third-order valence-electron chi connectivity index (χ3n) is 1.57. The molecule has 0 aliphatic heterocycles. The van der Waals surface area contributed by atoms with E-state index in [9.17, 15) is 4.79 Å². The molecule has 0 spiro atoms. The summed E-state index contributed by atoms with van der Waals surface area (Å²) in [4.78, 5) is 10.9. The molecule has 2 N–H and O–H groups in total. The van der Waals surface area contributed by atoms with E-state index >= 15 is 0 Å². The summed E-state index contributed by atoms with van der Waals surface area (Å²) >= 11 is 5.69. The van der Waals surface area contributed by atoms with Crippen LogP contribution in [-0.4, -0.2) is 4.68 Å². The van der Waals surface area contributed by atoms with E-state index < -0.39 is 5.76 Å². The summed E-state index contributed by atoms with van der Waals surface area (Å²) in [6.45, 7) is 0. The average molecular weight is 185 g/mol. The number of fused-ring (bicyclic) bond motifs is 1. The molecule has 0 saturated carbocycles. The van der Waals surface area contributed by atoms with Gasteiger partial charge in [-0.3, -0.25) is 0 Å². The predicted octanol–water partition coefficient (Wildman–Crippen LogP) is 0.962. The van der Waals surface area contributed by atoms with Crippen molar-refractivity contribution in [3.05, 3.63) is 33.8 Å². The summed E-state index contributed by atoms with van der Waals surface area (Å²) in [5, 5.41) is 0.516. The van der Waals surface area contributed by atoms with E-state index in [-0.39, 0.29) is 0 Å². The van der Waals surface area contributed by atoms with Gasteiger partial charge in [-0.2, -0.15) is 4.68 Å². The van der Waals surface area contributed by atoms with Crippen molar-refractivity contribution < 1.29 is 4.42 Å². The molecule has 0 unspecified atom stereocenters. The molecule has 1 aromatic carbocycles. The van der Waals surface area contributed by atoms with Crippen LogP contribution in [0.25, 0.3) is 11.1 Å². The van der Waals surface area contributed by atoms with E-state index in [1.54, 1.807) is 18.2 Å². The maximum absolute atomic E-state index is 10.9. The molecule has 0 radical (unpaired) electrons. The average Bonchev–Trinajstić information content (AvgIpc) is 2.31. The van der Waals surface area contributed by atoms with Gasteiger partial charge >= 0.3 is 5.76 Å². The fourth-order valence-electron chi connectivity index (χ4n) is 1.01. The summed E-state index contributed by atoms with van der Waals surface area (Å²) < 4.78 is 5.70. The predicted molar refractivity (Wildman–Crippen MR) is 45.6 cm³/mol. The number of hydrogen-bond donors (Lipinski definition) is 1. The number of halogens is 1. The number of benzene rings is 1. The van der Waals surface area contributed by atoms with Crippen LogP contribution in [0, 0.1) is 0 Å². The van der Waals surface area contributed by atoms with Gasteiger partial charge in [0.2, 0.25) is 0 Å². The van der Waals surface area contributed by atoms with Crippen molar-refractivity contribution in [2.75, 3.05) is 5.84 Å². The monoisotopic (exact) mass is 184 g/mol. The molecule has 0 fully saturated rings. The Morgan fingerprint density at radius 2 is 2.25 bits per heavy atom. The second-order valence-electron chi connectivity index (χ2n) is 2.35. The van der Waals surface area contributed by atoms with Crippen LogP contribution < -0.4 is 11.6 Å². The van der Waals surface area contributed by atoms with Crippen molar-refractivity contribution in [2.24, 2.45) is 0 Å². The van der Waals surface area contributed by atoms with Gasteiger partial charge in [-0.15, -0.1) is 0 Å². The molecule has 2 rings (SSSR count). The summed E-state index contributed by atoms with van der Waals surface area (Å²) in [5.74, 6) is 4.77. The third-order valence-corrected chi connectivity index (χ3v) is 1.81. The molecular weight excluding hydrogens is 180 g/mol. The zero-order valence-electron chi connectivity index (χ0n) is 5.95. The highest BCUT2D eigenvalue weighted by atomic mass is 35.5. The Morgan fingerprint density at radius 3 is 3.00 bits per heavy atom. The van der Waals surface area contributed by atoms with Crippen LogP contribution in [0.5, 0.6) is 0 Å². The number of nitrogens with two attached hydrogens (primary N) is 1. The highest BCUT2D eigenvalue weighted by Crippen LogP contribution is 2.16. The van der Waals surface area contributed by atoms with Crippen molar-refractivity contribution >= 4 is 22.7 Å². The number of nitrogens with zero attached hydrogens (tertiary/aromatic N) is 1. The maximum atomic E-state index is 10.9. The molecule has 0 saturated heterocycles. The van der Waals surface area contributed by atoms with Gasteiger partial charge in [0.25, 0.3) is 0 Å². The number of oxazole rings is 1. The Balaban J connectivity index is 2.98. The molecule has 0 amide bonds. The number of nitrogen functional groups attached to an aromatic ring is 1. The Labute approximate surface area is 72.1 Å². The summed E-state index contributed by atoms with van der Waals surface area (Å²) in [5.41, 5.74) is 0.930. The maximum Gasteiger partial charge on any atom is 0.438 e. The topological polar surface area (TPSA) is 61.2 Å². The Morgan fingerprint density at radius 1 is 1.50 bits per heavy atom. The lowest BCUT2D eigenvalue weighted by atomic mass is 10.3. The molecular formula is C7H5ClN2O2. The highest BCUT2D eigenvalue weighted by Gasteiger charge is 2.05. The minimum absolute atomic E-state index is 0.437. The highest BCUT2D eigenvalue weighted by molar-refractivity contribution is 6.31. The molecule has 5 heteroatoms. The van der Waals surface area contributed by atoms with Gasteiger partial charge in [0.1, 0.15) is 5.52 Å². The minimum Gasteiger partial charge on any atom is -0.406 e. The lowest BCUT2D eigenvalue weighted by Gasteiger charge is -1.90. The van der Waals surface area contributed by atoms with Gasteiger partial charge < -0.3 is 10.3 Å². The normalized spacial score (nSPS) is 10.8. The molecule has 0 bridgehead atoms. The zero-order valence-corrected chi connectivity index (χ0v) is 6.71. The second kappa shape index (κ2) is 2.28. The lowest BCUT2D eigenvalue weighted by molar-refractivity contribution is 0.535. The van der Waals surface area contributed by atoms with E-state index in [1.807, 2.05) is 0 Å². The standard InChI is InChI=1S/C7H5ClN2O2/c8-4-1-2-6-5(3-4)10(9)7(11)12-6/h1-3H,9H2. The van der Waals surface area contributed by atoms with Crippen molar-refractivity contribution in [2.45, 2.75) is 0 Å². The summed E-state index contributed by atoms with van der Waals surface area (Å²) in [7, 11) is 0. The van der Waals surface area contributed by atoms with Crippen LogP contribution in [0.4, 0.5) is 0 Å². The van der Waals surface area contributed by atoms with E-state index in [0.29, 0.717) is 16.1 Å². The van der Waals surface area contributed by atoms with Crippen molar-refractivity contribution in [1.82, 2.24) is 4.68 Å². The molecule has 0 aliphatic rings. The molecule has 1 aromatic heterocycles. The molecule has 12 heavy (non-hydrogen) atoms. The Kier molecular flexibility index (Phi) is 1.38. The van der Waals surface area contributed by atoms with Crippen LogP contribution in [-0.2, 0) is 0 Å². The molecule has 62 valence electrons. The number of rotatable bonds is 0. The van der Waals surface area contributed by atoms with Crippen LogP contribution in [0.15, 0.2) is 27.4 Å². The summed E-state index contributed by atoms with van der Waals surface area (Å²) in [6.07, 6.45) is 0. The fraction of sp³-hybridized carbons (Fsp3) is 0. The molecule has 2 aromatic rings. The van der Waals surface area contributed by atoms with Crippen molar-refractivity contribution in [3.8, 4) is 0 Å². The van der Waals surface area contributed by atoms with E-state index in [2.05, 4.69) is 0 Å². The van der Waals surface area contributed by atoms with Gasteiger partial charge in [-0.05, 0) is 18.2 Å². The zero-order chi connectivity index (χ0) is 8.72. The second-order valence-corrected chi connectivity index (χ2v) is 2.79. The summed E-state index contributed by atoms with van der Waals surface area (Å²) in [6, 6.07) is 4.80. The first-order chi connectivity index (χ1) is 5.68. The first-order valence-electron chi connectivity index (χ1n) is 3.24. The van der Waals surface area contributed by atoms with Gasteiger partial charge in [-0.1, -0.05) is 11.6 Å². The largest absolute Gasteiger partial charge is 0.438 e. The third kappa shape index (κ3) is 0.887. The Bertz CT molecular complexity index is 486. The van der Waals surface area contributed by atoms with Crippen molar-refractivity contribution in [1.29, 1.82) is 0 Å². The van der Waals surface area contributed by atoms with Gasteiger partial charge in [0.05, 0.1) is 0 Å². The van der Waals surface area contributed by atoms with Crippen molar-refractivity contribution in [3.63, 3.8) is 0 Å². The number of hydrogen-bond acceptors (Lipinski definition) is 3. The van der Waals surface area contributed by atoms with Gasteiger partial charge in [0.15, 0.2) is 5.58 Å². The molecule has 0 atom stereocenters. The van der Waals surface area contributed by atoms with Gasteiger partial charge in [-0.25, -0.2) is 4.79 Å². The van der Waals surface area contributed by atoms with Crippen LogP contribution >= 0.6 is 11.6 Å². The smallest absolute Gasteiger partial charge is 0.406 e. The van der Waals surface area contributed by atoms with Crippen LogP contribution in [0.1, 0.15) is 0 Å². The first kappa shape index (κ1) is 7.24. The fourth-order valence-corrected chi connectivity index (χ4v) is 1.17. The Hall–Kier alpha value is -1.42. The van der Waals surface area contributed by atoms with E-state index in [0.717, 1.165) is 4.68 Å².